The Morgan fingerprint density at radius 2 is 1.96 bits per heavy atom. The van der Waals surface area contributed by atoms with Gasteiger partial charge in [-0.05, 0) is 36.2 Å². The molecule has 136 valence electrons. The molecule has 2 aromatic rings. The number of hydrogen-bond acceptors (Lipinski definition) is 5. The summed E-state index contributed by atoms with van der Waals surface area (Å²) in [5.74, 6) is -0.228. The number of halogens is 1. The fourth-order valence-corrected chi connectivity index (χ4v) is 3.18. The van der Waals surface area contributed by atoms with Crippen LogP contribution in [0.3, 0.4) is 0 Å². The van der Waals surface area contributed by atoms with Gasteiger partial charge >= 0.3 is 10.4 Å². The Morgan fingerprint density at radius 1 is 1.23 bits per heavy atom. The van der Waals surface area contributed by atoms with Gasteiger partial charge < -0.3 is 4.90 Å². The van der Waals surface area contributed by atoms with Crippen LogP contribution < -0.4 is 0 Å². The summed E-state index contributed by atoms with van der Waals surface area (Å²) >= 11 is 6.03. The summed E-state index contributed by atoms with van der Waals surface area (Å²) in [6.45, 7) is 2.14. The fraction of sp³-hybridized carbons (Fsp3) is 0.176. The van der Waals surface area contributed by atoms with Crippen molar-refractivity contribution in [2.75, 3.05) is 6.54 Å². The van der Waals surface area contributed by atoms with Crippen molar-refractivity contribution < 1.29 is 22.0 Å². The molecule has 9 heteroatoms. The van der Waals surface area contributed by atoms with Crippen molar-refractivity contribution in [1.29, 1.82) is 0 Å². The molecule has 1 aliphatic rings. The van der Waals surface area contributed by atoms with Gasteiger partial charge in [-0.2, -0.15) is 8.42 Å². The molecule has 1 N–H and O–H groups in total. The lowest BCUT2D eigenvalue weighted by molar-refractivity contribution is 0.0763. The van der Waals surface area contributed by atoms with Crippen molar-refractivity contribution in [3.63, 3.8) is 0 Å². The number of carbonyl (C=O) groups is 1. The van der Waals surface area contributed by atoms with Gasteiger partial charge in [0.2, 0.25) is 0 Å². The maximum absolute atomic E-state index is 12.9. The smallest absolute Gasteiger partial charge is 0.328 e. The number of rotatable bonds is 3. The molecule has 0 saturated heterocycles. The number of oxime groups is 1. The zero-order valence-corrected chi connectivity index (χ0v) is 15.3. The second-order valence-electron chi connectivity index (χ2n) is 5.82. The Bertz CT molecular complexity index is 1000. The molecule has 1 aliphatic heterocycles. The third kappa shape index (κ3) is 4.04. The van der Waals surface area contributed by atoms with Gasteiger partial charge in [0.15, 0.2) is 0 Å². The van der Waals surface area contributed by atoms with E-state index < -0.39 is 10.4 Å². The van der Waals surface area contributed by atoms with E-state index >= 15 is 0 Å². The van der Waals surface area contributed by atoms with E-state index in [4.69, 9.17) is 16.2 Å². The van der Waals surface area contributed by atoms with Crippen LogP contribution in [0.15, 0.2) is 47.6 Å². The number of aryl methyl sites for hydroxylation is 1. The molecular formula is C17H15ClN2O5S. The van der Waals surface area contributed by atoms with Crippen LogP contribution in [0.2, 0.25) is 5.02 Å². The quantitative estimate of drug-likeness (QED) is 0.637. The van der Waals surface area contributed by atoms with E-state index in [1.165, 1.54) is 4.90 Å². The van der Waals surface area contributed by atoms with Gasteiger partial charge in [-0.25, -0.2) is 4.28 Å². The highest BCUT2D eigenvalue weighted by Gasteiger charge is 2.27. The van der Waals surface area contributed by atoms with E-state index in [-0.39, 0.29) is 24.7 Å². The van der Waals surface area contributed by atoms with Crippen LogP contribution in [0.5, 0.6) is 0 Å². The standard InChI is InChI=1S/C17H15ClN2O5S/c1-11-4-2-3-5-14(11)17(21)20-9-12-8-13(18)6-7-15(12)16(10-20)19-25-26(22,23)24/h2-8H,9-10H2,1H3,(H,22,23,24)/b19-16+. The number of amides is 1. The van der Waals surface area contributed by atoms with Crippen LogP contribution in [-0.2, 0) is 21.2 Å². The van der Waals surface area contributed by atoms with Gasteiger partial charge in [0.1, 0.15) is 5.71 Å². The van der Waals surface area contributed by atoms with Crippen LogP contribution in [0.4, 0.5) is 0 Å². The third-order valence-corrected chi connectivity index (χ3v) is 4.48. The molecular weight excluding hydrogens is 380 g/mol. The Kier molecular flexibility index (Phi) is 4.99. The molecule has 1 amide bonds. The minimum Gasteiger partial charge on any atom is -0.328 e. The molecule has 0 fully saturated rings. The number of fused-ring (bicyclic) bond motifs is 1. The van der Waals surface area contributed by atoms with Crippen molar-refractivity contribution >= 4 is 33.6 Å². The van der Waals surface area contributed by atoms with Crippen molar-refractivity contribution in [1.82, 2.24) is 4.90 Å². The number of benzene rings is 2. The predicted molar refractivity (Wildman–Crippen MR) is 96.5 cm³/mol. The van der Waals surface area contributed by atoms with Crippen LogP contribution in [0.25, 0.3) is 0 Å². The summed E-state index contributed by atoms with van der Waals surface area (Å²) in [6.07, 6.45) is 0. The first-order valence-electron chi connectivity index (χ1n) is 7.61. The lowest BCUT2D eigenvalue weighted by Crippen LogP contribution is -2.40. The highest BCUT2D eigenvalue weighted by molar-refractivity contribution is 7.80. The summed E-state index contributed by atoms with van der Waals surface area (Å²) in [5.41, 5.74) is 2.85. The summed E-state index contributed by atoms with van der Waals surface area (Å²) in [6, 6.07) is 12.1. The molecule has 0 aliphatic carbocycles. The molecule has 0 unspecified atom stereocenters. The second-order valence-corrected chi connectivity index (χ2v) is 7.26. The lowest BCUT2D eigenvalue weighted by Gasteiger charge is -2.30. The first-order valence-corrected chi connectivity index (χ1v) is 9.35. The van der Waals surface area contributed by atoms with Gasteiger partial charge in [0, 0.05) is 22.7 Å². The molecule has 2 aromatic carbocycles. The minimum absolute atomic E-state index is 0.0251. The number of carbonyl (C=O) groups excluding carboxylic acids is 1. The van der Waals surface area contributed by atoms with Crippen LogP contribution in [-0.4, -0.2) is 36.0 Å². The summed E-state index contributed by atoms with van der Waals surface area (Å²) in [7, 11) is -4.75. The van der Waals surface area contributed by atoms with Crippen molar-refractivity contribution in [2.24, 2.45) is 5.16 Å². The molecule has 0 radical (unpaired) electrons. The Labute approximate surface area is 155 Å². The monoisotopic (exact) mass is 394 g/mol. The SMILES string of the molecule is Cc1ccccc1C(=O)N1C/C(=N\OS(=O)(=O)O)c2ccc(Cl)cc2C1. The zero-order valence-electron chi connectivity index (χ0n) is 13.7. The lowest BCUT2D eigenvalue weighted by atomic mass is 9.97. The Hall–Kier alpha value is -2.42. The normalized spacial score (nSPS) is 15.7. The minimum atomic E-state index is -4.75. The van der Waals surface area contributed by atoms with Gasteiger partial charge in [-0.3, -0.25) is 9.35 Å². The average Bonchev–Trinajstić information content (AvgIpc) is 2.58. The zero-order chi connectivity index (χ0) is 18.9. The summed E-state index contributed by atoms with van der Waals surface area (Å²) in [5, 5.41) is 3.99. The third-order valence-electron chi connectivity index (χ3n) is 3.98. The van der Waals surface area contributed by atoms with Crippen LogP contribution in [0.1, 0.15) is 27.0 Å². The highest BCUT2D eigenvalue weighted by Crippen LogP contribution is 2.25. The van der Waals surface area contributed by atoms with E-state index in [1.807, 2.05) is 19.1 Å². The van der Waals surface area contributed by atoms with Gasteiger partial charge in [-0.15, -0.1) is 0 Å². The molecule has 0 aromatic heterocycles. The van der Waals surface area contributed by atoms with Crippen molar-refractivity contribution in [3.05, 3.63) is 69.7 Å². The largest absolute Gasteiger partial charge is 0.466 e. The molecule has 3 rings (SSSR count). The van der Waals surface area contributed by atoms with E-state index in [0.29, 0.717) is 21.7 Å². The number of hydrogen-bond donors (Lipinski definition) is 1. The van der Waals surface area contributed by atoms with E-state index in [2.05, 4.69) is 9.44 Å². The fourth-order valence-electron chi connectivity index (χ4n) is 2.80. The van der Waals surface area contributed by atoms with Crippen molar-refractivity contribution in [3.8, 4) is 0 Å². The molecule has 1 heterocycles. The average molecular weight is 395 g/mol. The Balaban J connectivity index is 2.00. The highest BCUT2D eigenvalue weighted by atomic mass is 35.5. The first kappa shape index (κ1) is 18.4. The molecule has 0 saturated carbocycles. The van der Waals surface area contributed by atoms with Crippen LogP contribution in [0, 0.1) is 6.92 Å². The number of nitrogens with zero attached hydrogens (tertiary/aromatic N) is 2. The molecule has 0 atom stereocenters. The van der Waals surface area contributed by atoms with E-state index in [0.717, 1.165) is 5.56 Å². The summed E-state index contributed by atoms with van der Waals surface area (Å²) in [4.78, 5) is 14.4. The van der Waals surface area contributed by atoms with Gasteiger partial charge in [-0.1, -0.05) is 41.0 Å². The van der Waals surface area contributed by atoms with E-state index in [9.17, 15) is 13.2 Å². The molecule has 26 heavy (non-hydrogen) atoms. The topological polar surface area (TPSA) is 96.3 Å². The molecule has 7 nitrogen and oxygen atoms in total. The second kappa shape index (κ2) is 7.06. The Morgan fingerprint density at radius 3 is 2.65 bits per heavy atom. The molecule has 0 spiro atoms. The molecule has 0 bridgehead atoms. The first-order chi connectivity index (χ1) is 12.2. The summed E-state index contributed by atoms with van der Waals surface area (Å²) < 4.78 is 34.6. The van der Waals surface area contributed by atoms with E-state index in [1.54, 1.807) is 30.3 Å². The van der Waals surface area contributed by atoms with Gasteiger partial charge in [0.05, 0.1) is 6.54 Å². The maximum Gasteiger partial charge on any atom is 0.466 e. The van der Waals surface area contributed by atoms with Crippen LogP contribution >= 0.6 is 11.6 Å². The predicted octanol–water partition coefficient (Wildman–Crippen LogP) is 2.83. The van der Waals surface area contributed by atoms with Crippen molar-refractivity contribution in [2.45, 2.75) is 13.5 Å². The van der Waals surface area contributed by atoms with Gasteiger partial charge in [0.25, 0.3) is 5.91 Å². The maximum atomic E-state index is 12.9.